The number of benzene rings is 2. The molecule has 0 amide bonds. The summed E-state index contributed by atoms with van der Waals surface area (Å²) in [6.07, 6.45) is 1.57. The van der Waals surface area contributed by atoms with Crippen molar-refractivity contribution in [2.45, 2.75) is 53.4 Å². The molecule has 6 nitrogen and oxygen atoms in total. The predicted molar refractivity (Wildman–Crippen MR) is 121 cm³/mol. The molecule has 0 atom stereocenters. The lowest BCUT2D eigenvalue weighted by molar-refractivity contribution is -0.141. The zero-order valence-corrected chi connectivity index (χ0v) is 19.3. The van der Waals surface area contributed by atoms with Crippen molar-refractivity contribution in [2.24, 2.45) is 0 Å². The molecule has 0 spiro atoms. The van der Waals surface area contributed by atoms with Crippen LogP contribution >= 0.6 is 11.8 Å². The van der Waals surface area contributed by atoms with E-state index in [9.17, 15) is 19.8 Å². The molecular weight excluding hydrogens is 416 g/mol. The molecule has 2 aromatic rings. The molecule has 2 rings (SSSR count). The van der Waals surface area contributed by atoms with E-state index in [2.05, 4.69) is 0 Å². The van der Waals surface area contributed by atoms with Crippen LogP contribution in [0.5, 0.6) is 11.5 Å². The second-order valence-electron chi connectivity index (χ2n) is 7.63. The second kappa shape index (κ2) is 11.6. The van der Waals surface area contributed by atoms with E-state index in [1.807, 2.05) is 52.0 Å². The predicted octanol–water partition coefficient (Wildman–Crippen LogP) is 4.63. The first-order chi connectivity index (χ1) is 14.7. The van der Waals surface area contributed by atoms with Crippen molar-refractivity contribution in [3.8, 4) is 11.5 Å². The Labute approximate surface area is 187 Å². The SMILES string of the molecule is Cc1cc(CCC(=O)OCSCOC(=O)CCc2cc(C)c(O)c(C)c2)cc(C)c1O. The summed E-state index contributed by atoms with van der Waals surface area (Å²) in [4.78, 5) is 23.8. The Morgan fingerprint density at radius 1 is 0.710 bits per heavy atom. The lowest BCUT2D eigenvalue weighted by Gasteiger charge is -2.09. The number of phenols is 2. The Balaban J connectivity index is 1.60. The molecular formula is C24H30O6S. The maximum atomic E-state index is 11.9. The number of carbonyl (C=O) groups is 2. The van der Waals surface area contributed by atoms with Gasteiger partial charge in [0.1, 0.15) is 23.4 Å². The average molecular weight is 447 g/mol. The number of esters is 2. The number of aryl methyl sites for hydroxylation is 6. The molecule has 0 saturated carbocycles. The van der Waals surface area contributed by atoms with Crippen LogP contribution < -0.4 is 0 Å². The van der Waals surface area contributed by atoms with Gasteiger partial charge in [-0.2, -0.15) is 0 Å². The van der Waals surface area contributed by atoms with Gasteiger partial charge in [-0.25, -0.2) is 0 Å². The molecule has 0 unspecified atom stereocenters. The molecule has 0 aliphatic rings. The van der Waals surface area contributed by atoms with Crippen molar-refractivity contribution in [1.82, 2.24) is 0 Å². The normalized spacial score (nSPS) is 10.7. The number of rotatable bonds is 10. The van der Waals surface area contributed by atoms with Crippen molar-refractivity contribution >= 4 is 23.7 Å². The van der Waals surface area contributed by atoms with Crippen LogP contribution in [0.1, 0.15) is 46.2 Å². The lowest BCUT2D eigenvalue weighted by atomic mass is 10.0. The fourth-order valence-corrected chi connectivity index (χ4v) is 3.76. The van der Waals surface area contributed by atoms with Crippen molar-refractivity contribution < 1.29 is 29.3 Å². The molecule has 168 valence electrons. The third-order valence-electron chi connectivity index (χ3n) is 4.94. The molecule has 0 aliphatic heterocycles. The van der Waals surface area contributed by atoms with Gasteiger partial charge in [0, 0.05) is 12.8 Å². The van der Waals surface area contributed by atoms with E-state index in [1.165, 1.54) is 11.8 Å². The topological polar surface area (TPSA) is 93.1 Å². The van der Waals surface area contributed by atoms with Crippen molar-refractivity contribution in [2.75, 3.05) is 11.9 Å². The van der Waals surface area contributed by atoms with E-state index < -0.39 is 0 Å². The van der Waals surface area contributed by atoms with Gasteiger partial charge >= 0.3 is 11.9 Å². The van der Waals surface area contributed by atoms with E-state index in [4.69, 9.17) is 9.47 Å². The molecule has 0 radical (unpaired) electrons. The Hall–Kier alpha value is -2.67. The highest BCUT2D eigenvalue weighted by Crippen LogP contribution is 2.24. The van der Waals surface area contributed by atoms with Crippen molar-refractivity contribution in [3.63, 3.8) is 0 Å². The van der Waals surface area contributed by atoms with Gasteiger partial charge in [-0.15, -0.1) is 0 Å². The Bertz CT molecular complexity index is 816. The standard InChI is InChI=1S/C24H30O6S/c1-15-9-19(10-16(2)23(15)27)5-7-21(25)29-13-31-14-30-22(26)8-6-20-11-17(3)24(28)18(4)12-20/h9-12,27-28H,5-8,13-14H2,1-4H3. The van der Waals surface area contributed by atoms with Gasteiger partial charge in [0.15, 0.2) is 0 Å². The minimum atomic E-state index is -0.319. The monoisotopic (exact) mass is 446 g/mol. The molecule has 7 heteroatoms. The molecule has 0 aromatic heterocycles. The number of hydrogen-bond acceptors (Lipinski definition) is 7. The third-order valence-corrected chi connectivity index (χ3v) is 5.51. The molecule has 0 heterocycles. The minimum absolute atomic E-state index is 0.121. The summed E-state index contributed by atoms with van der Waals surface area (Å²) in [5, 5.41) is 19.6. The van der Waals surface area contributed by atoms with Gasteiger partial charge < -0.3 is 19.7 Å². The van der Waals surface area contributed by atoms with E-state index in [0.717, 1.165) is 33.4 Å². The van der Waals surface area contributed by atoms with Gasteiger partial charge in [-0.1, -0.05) is 36.0 Å². The molecule has 31 heavy (non-hydrogen) atoms. The highest BCUT2D eigenvalue weighted by atomic mass is 32.2. The third kappa shape index (κ3) is 7.83. The summed E-state index contributed by atoms with van der Waals surface area (Å²) in [7, 11) is 0. The molecule has 0 aliphatic carbocycles. The molecule has 2 aromatic carbocycles. The zero-order chi connectivity index (χ0) is 23.0. The summed E-state index contributed by atoms with van der Waals surface area (Å²) < 4.78 is 10.3. The van der Waals surface area contributed by atoms with Gasteiger partial charge in [-0.05, 0) is 73.9 Å². The van der Waals surface area contributed by atoms with Crippen LogP contribution in [-0.4, -0.2) is 34.0 Å². The zero-order valence-electron chi connectivity index (χ0n) is 18.5. The summed E-state index contributed by atoms with van der Waals surface area (Å²) in [6.45, 7) is 7.31. The minimum Gasteiger partial charge on any atom is -0.507 e. The van der Waals surface area contributed by atoms with E-state index in [-0.39, 0.29) is 48.2 Å². The summed E-state index contributed by atoms with van der Waals surface area (Å²) >= 11 is 1.21. The fraction of sp³-hybridized carbons (Fsp3) is 0.417. The summed E-state index contributed by atoms with van der Waals surface area (Å²) in [6, 6.07) is 7.46. The van der Waals surface area contributed by atoms with Crippen LogP contribution in [0.4, 0.5) is 0 Å². The second-order valence-corrected chi connectivity index (χ2v) is 8.51. The molecule has 2 N–H and O–H groups in total. The largest absolute Gasteiger partial charge is 0.507 e. The Morgan fingerprint density at radius 2 is 1.03 bits per heavy atom. The van der Waals surface area contributed by atoms with Crippen LogP contribution in [0.3, 0.4) is 0 Å². The van der Waals surface area contributed by atoms with E-state index >= 15 is 0 Å². The summed E-state index contributed by atoms with van der Waals surface area (Å²) in [5.74, 6) is 0.170. The average Bonchev–Trinajstić information content (AvgIpc) is 2.72. The van der Waals surface area contributed by atoms with Gasteiger partial charge in [0.05, 0.1) is 0 Å². The van der Waals surface area contributed by atoms with Crippen LogP contribution in [0.2, 0.25) is 0 Å². The highest BCUT2D eigenvalue weighted by Gasteiger charge is 2.09. The van der Waals surface area contributed by atoms with E-state index in [1.54, 1.807) is 0 Å². The van der Waals surface area contributed by atoms with E-state index in [0.29, 0.717) is 12.8 Å². The van der Waals surface area contributed by atoms with Crippen LogP contribution in [0, 0.1) is 27.7 Å². The molecule has 0 fully saturated rings. The van der Waals surface area contributed by atoms with Gasteiger partial charge in [0.2, 0.25) is 0 Å². The van der Waals surface area contributed by atoms with Crippen molar-refractivity contribution in [3.05, 3.63) is 57.6 Å². The van der Waals surface area contributed by atoms with Crippen LogP contribution in [0.15, 0.2) is 24.3 Å². The Kier molecular flexibility index (Phi) is 9.24. The first-order valence-corrected chi connectivity index (χ1v) is 11.3. The first-order valence-electron chi connectivity index (χ1n) is 10.1. The fourth-order valence-electron chi connectivity index (χ4n) is 3.27. The number of carbonyl (C=O) groups excluding carboxylic acids is 2. The molecule has 0 saturated heterocycles. The number of thioether (sulfide) groups is 1. The number of phenolic OH excluding ortho intramolecular Hbond substituents is 2. The van der Waals surface area contributed by atoms with Crippen molar-refractivity contribution in [1.29, 1.82) is 0 Å². The summed E-state index contributed by atoms with van der Waals surface area (Å²) in [5.41, 5.74) is 5.11. The number of ether oxygens (including phenoxy) is 2. The first kappa shape index (κ1) is 24.6. The smallest absolute Gasteiger partial charge is 0.306 e. The highest BCUT2D eigenvalue weighted by molar-refractivity contribution is 7.99. The Morgan fingerprint density at radius 3 is 1.35 bits per heavy atom. The number of aromatic hydroxyl groups is 2. The maximum Gasteiger partial charge on any atom is 0.306 e. The van der Waals surface area contributed by atoms with Crippen LogP contribution in [-0.2, 0) is 31.9 Å². The molecule has 0 bridgehead atoms. The lowest BCUT2D eigenvalue weighted by Crippen LogP contribution is -2.08. The maximum absolute atomic E-state index is 11.9. The number of hydrogen-bond donors (Lipinski definition) is 2. The van der Waals surface area contributed by atoms with Crippen LogP contribution in [0.25, 0.3) is 0 Å². The van der Waals surface area contributed by atoms with Gasteiger partial charge in [-0.3, -0.25) is 9.59 Å². The quantitative estimate of drug-likeness (QED) is 0.312. The van der Waals surface area contributed by atoms with Gasteiger partial charge in [0.25, 0.3) is 0 Å².